The summed E-state index contributed by atoms with van der Waals surface area (Å²) in [7, 11) is 0. The first kappa shape index (κ1) is 21.1. The lowest BCUT2D eigenvalue weighted by atomic mass is 10.2. The van der Waals surface area contributed by atoms with Crippen LogP contribution in [-0.4, -0.2) is 77.6 Å². The van der Waals surface area contributed by atoms with Crippen molar-refractivity contribution in [3.63, 3.8) is 0 Å². The molecule has 0 bridgehead atoms. The molecule has 2 saturated heterocycles. The fourth-order valence-corrected chi connectivity index (χ4v) is 3.70. The quantitative estimate of drug-likeness (QED) is 0.399. The van der Waals surface area contributed by atoms with Gasteiger partial charge in [0.15, 0.2) is 5.96 Å². The number of aliphatic imine (C=N–C) groups is 1. The highest BCUT2D eigenvalue weighted by Gasteiger charge is 2.25. The van der Waals surface area contributed by atoms with E-state index in [0.29, 0.717) is 17.9 Å². The molecule has 1 aromatic heterocycles. The van der Waals surface area contributed by atoms with Gasteiger partial charge in [-0.3, -0.25) is 9.89 Å². The predicted octanol–water partition coefficient (Wildman–Crippen LogP) is 1.65. The van der Waals surface area contributed by atoms with Gasteiger partial charge in [-0.2, -0.15) is 0 Å². The molecule has 0 spiro atoms. The van der Waals surface area contributed by atoms with Crippen molar-refractivity contribution in [2.45, 2.75) is 32.7 Å². The van der Waals surface area contributed by atoms with E-state index < -0.39 is 0 Å². The van der Waals surface area contributed by atoms with Gasteiger partial charge < -0.3 is 15.5 Å². The molecule has 0 saturated carbocycles. The van der Waals surface area contributed by atoms with Crippen molar-refractivity contribution in [2.24, 2.45) is 16.6 Å². The maximum absolute atomic E-state index is 6.27. The van der Waals surface area contributed by atoms with Crippen LogP contribution in [0.15, 0.2) is 23.5 Å². The fraction of sp³-hybridized carbons (Fsp3) is 0.722. The Kier molecular flexibility index (Phi) is 8.33. The van der Waals surface area contributed by atoms with Crippen LogP contribution in [0, 0.1) is 5.92 Å². The molecule has 2 aliphatic heterocycles. The molecule has 0 radical (unpaired) electrons. The summed E-state index contributed by atoms with van der Waals surface area (Å²) in [6.45, 7) is 11.2. The third kappa shape index (κ3) is 5.67. The third-order valence-corrected chi connectivity index (χ3v) is 5.00. The zero-order valence-corrected chi connectivity index (χ0v) is 18.2. The van der Waals surface area contributed by atoms with Crippen molar-refractivity contribution in [1.82, 2.24) is 19.8 Å². The molecule has 2 aliphatic rings. The normalized spacial score (nSPS) is 22.0. The van der Waals surface area contributed by atoms with Gasteiger partial charge in [-0.25, -0.2) is 9.97 Å². The second-order valence-corrected chi connectivity index (χ2v) is 7.41. The summed E-state index contributed by atoms with van der Waals surface area (Å²) in [5.41, 5.74) is 6.27. The monoisotopic (exact) mass is 473 g/mol. The first-order valence-corrected chi connectivity index (χ1v) is 9.44. The molecule has 3 rings (SSSR count). The lowest BCUT2D eigenvalue weighted by Gasteiger charge is -2.35. The Morgan fingerprint density at radius 3 is 2.54 bits per heavy atom. The Hall–Kier alpha value is -1.16. The predicted molar refractivity (Wildman–Crippen MR) is 117 cm³/mol. The van der Waals surface area contributed by atoms with E-state index in [1.54, 1.807) is 12.4 Å². The van der Waals surface area contributed by atoms with Crippen molar-refractivity contribution in [1.29, 1.82) is 0 Å². The average Bonchev–Trinajstić information content (AvgIpc) is 3.07. The number of aromatic nitrogens is 2. The van der Waals surface area contributed by atoms with Gasteiger partial charge in [-0.05, 0) is 31.4 Å². The van der Waals surface area contributed by atoms with E-state index >= 15 is 0 Å². The summed E-state index contributed by atoms with van der Waals surface area (Å²) in [5.74, 6) is 2.19. The van der Waals surface area contributed by atoms with E-state index in [9.17, 15) is 0 Å². The molecule has 0 unspecified atom stereocenters. The van der Waals surface area contributed by atoms with Crippen LogP contribution in [-0.2, 0) is 0 Å². The zero-order chi connectivity index (χ0) is 17.6. The summed E-state index contributed by atoms with van der Waals surface area (Å²) in [4.78, 5) is 20.3. The summed E-state index contributed by atoms with van der Waals surface area (Å²) in [6.07, 6.45) is 6.09. The van der Waals surface area contributed by atoms with E-state index in [-0.39, 0.29) is 24.0 Å². The smallest absolute Gasteiger partial charge is 0.225 e. The minimum absolute atomic E-state index is 0. The Labute approximate surface area is 174 Å². The molecule has 0 amide bonds. The van der Waals surface area contributed by atoms with Crippen LogP contribution in [0.2, 0.25) is 0 Å². The minimum atomic E-state index is 0. The average molecular weight is 473 g/mol. The number of guanidine groups is 1. The Balaban J connectivity index is 0.00000243. The van der Waals surface area contributed by atoms with Gasteiger partial charge in [0.05, 0.1) is 6.54 Å². The lowest BCUT2D eigenvalue weighted by molar-refractivity contribution is 0.230. The third-order valence-electron chi connectivity index (χ3n) is 5.00. The van der Waals surface area contributed by atoms with Gasteiger partial charge in [0, 0.05) is 51.2 Å². The molecule has 26 heavy (non-hydrogen) atoms. The number of nitrogens with zero attached hydrogens (tertiary/aromatic N) is 6. The van der Waals surface area contributed by atoms with E-state index in [2.05, 4.69) is 38.5 Å². The van der Waals surface area contributed by atoms with Crippen LogP contribution >= 0.6 is 24.0 Å². The van der Waals surface area contributed by atoms with Crippen LogP contribution in [0.4, 0.5) is 5.95 Å². The highest BCUT2D eigenvalue weighted by molar-refractivity contribution is 14.0. The molecule has 0 aliphatic carbocycles. The molecular weight excluding hydrogens is 441 g/mol. The van der Waals surface area contributed by atoms with E-state index in [4.69, 9.17) is 10.7 Å². The highest BCUT2D eigenvalue weighted by Crippen LogP contribution is 2.19. The summed E-state index contributed by atoms with van der Waals surface area (Å²) in [5, 5.41) is 0. The van der Waals surface area contributed by atoms with Gasteiger partial charge in [-0.15, -0.1) is 24.0 Å². The van der Waals surface area contributed by atoms with Crippen LogP contribution < -0.4 is 10.6 Å². The summed E-state index contributed by atoms with van der Waals surface area (Å²) in [6, 6.07) is 2.40. The molecule has 2 fully saturated rings. The largest absolute Gasteiger partial charge is 0.370 e. The molecule has 8 heteroatoms. The second-order valence-electron chi connectivity index (χ2n) is 7.41. The van der Waals surface area contributed by atoms with Crippen LogP contribution in [0.1, 0.15) is 26.7 Å². The van der Waals surface area contributed by atoms with E-state index in [1.165, 1.54) is 19.4 Å². The number of nitrogens with two attached hydrogens (primary N) is 1. The minimum Gasteiger partial charge on any atom is -0.370 e. The fourth-order valence-electron chi connectivity index (χ4n) is 3.70. The molecule has 7 nitrogen and oxygen atoms in total. The van der Waals surface area contributed by atoms with Crippen LogP contribution in [0.5, 0.6) is 0 Å². The second kappa shape index (κ2) is 10.2. The molecular formula is C18H32IN7. The van der Waals surface area contributed by atoms with Gasteiger partial charge in [0.25, 0.3) is 0 Å². The summed E-state index contributed by atoms with van der Waals surface area (Å²) < 4.78 is 0. The van der Waals surface area contributed by atoms with Gasteiger partial charge >= 0.3 is 0 Å². The SMILES string of the molecule is CC(C)CN1CCC[C@@H]1CN=C(N)N1CCN(c2ncccn2)CC1.I. The van der Waals surface area contributed by atoms with Crippen molar-refractivity contribution < 1.29 is 0 Å². The first-order chi connectivity index (χ1) is 12.1. The molecule has 146 valence electrons. The van der Waals surface area contributed by atoms with Crippen molar-refractivity contribution in [3.05, 3.63) is 18.5 Å². The molecule has 1 aromatic rings. The van der Waals surface area contributed by atoms with Crippen LogP contribution in [0.3, 0.4) is 0 Å². The Morgan fingerprint density at radius 2 is 1.88 bits per heavy atom. The Morgan fingerprint density at radius 1 is 1.19 bits per heavy atom. The lowest BCUT2D eigenvalue weighted by Crippen LogP contribution is -2.51. The number of hydrogen-bond donors (Lipinski definition) is 1. The highest BCUT2D eigenvalue weighted by atomic mass is 127. The standard InChI is InChI=1S/C18H31N7.HI/c1-15(2)14-25-8-3-5-16(25)13-22-17(19)23-9-11-24(12-10-23)18-20-6-4-7-21-18;/h4,6-7,15-16H,3,5,8-14H2,1-2H3,(H2,19,22);1H/t16-;/m1./s1. The number of piperazine rings is 1. The van der Waals surface area contributed by atoms with Gasteiger partial charge in [0.2, 0.25) is 5.95 Å². The molecule has 1 atom stereocenters. The number of likely N-dealkylation sites (tertiary alicyclic amines) is 1. The maximum atomic E-state index is 6.27. The maximum Gasteiger partial charge on any atom is 0.225 e. The molecule has 2 N–H and O–H groups in total. The van der Waals surface area contributed by atoms with E-state index in [0.717, 1.165) is 45.2 Å². The Bertz CT molecular complexity index is 558. The number of anilines is 1. The van der Waals surface area contributed by atoms with Gasteiger partial charge in [0.1, 0.15) is 0 Å². The van der Waals surface area contributed by atoms with Crippen molar-refractivity contribution in [2.75, 3.05) is 50.7 Å². The van der Waals surface area contributed by atoms with E-state index in [1.807, 2.05) is 6.07 Å². The topological polar surface area (TPSA) is 73.9 Å². The van der Waals surface area contributed by atoms with Crippen LogP contribution in [0.25, 0.3) is 0 Å². The first-order valence-electron chi connectivity index (χ1n) is 9.44. The molecule has 3 heterocycles. The summed E-state index contributed by atoms with van der Waals surface area (Å²) >= 11 is 0. The van der Waals surface area contributed by atoms with Crippen molar-refractivity contribution in [3.8, 4) is 0 Å². The van der Waals surface area contributed by atoms with Crippen molar-refractivity contribution >= 4 is 35.9 Å². The number of halogens is 1. The molecule has 0 aromatic carbocycles. The number of hydrogen-bond acceptors (Lipinski definition) is 5. The van der Waals surface area contributed by atoms with Gasteiger partial charge in [-0.1, -0.05) is 13.8 Å². The number of rotatable bonds is 5. The zero-order valence-electron chi connectivity index (χ0n) is 15.9.